The van der Waals surface area contributed by atoms with Crippen molar-refractivity contribution in [2.75, 3.05) is 13.2 Å². The summed E-state index contributed by atoms with van der Waals surface area (Å²) in [4.78, 5) is 28.3. The van der Waals surface area contributed by atoms with Gasteiger partial charge in [-0.25, -0.2) is 9.59 Å². The molecule has 0 spiro atoms. The first-order valence-electron chi connectivity index (χ1n) is 7.74. The van der Waals surface area contributed by atoms with Gasteiger partial charge in [0, 0.05) is 11.1 Å². The van der Waals surface area contributed by atoms with Gasteiger partial charge in [-0.15, -0.1) is 0 Å². The number of aromatic nitrogens is 1. The molecule has 1 aromatic carbocycles. The number of hydrogen-bond acceptors (Lipinski definition) is 5. The number of hydrogen-bond donors (Lipinski definition) is 1. The quantitative estimate of drug-likeness (QED) is 0.877. The second-order valence-corrected chi connectivity index (χ2v) is 5.79. The number of fused-ring (bicyclic) bond motifs is 2. The average molecular weight is 312 g/mol. The van der Waals surface area contributed by atoms with Gasteiger partial charge in [0.1, 0.15) is 6.61 Å². The molecule has 2 aliphatic rings. The van der Waals surface area contributed by atoms with Crippen LogP contribution in [0.5, 0.6) is 0 Å². The van der Waals surface area contributed by atoms with Gasteiger partial charge in [0.15, 0.2) is 6.10 Å². The Kier molecular flexibility index (Phi) is 3.37. The number of para-hydroxylation sites is 1. The minimum Gasteiger partial charge on any atom is -0.458 e. The molecule has 1 amide bonds. The lowest BCUT2D eigenvalue weighted by Gasteiger charge is -2.13. The number of esters is 1. The first-order valence-corrected chi connectivity index (χ1v) is 7.74. The van der Waals surface area contributed by atoms with Crippen LogP contribution in [-0.2, 0) is 22.3 Å². The highest BCUT2D eigenvalue weighted by molar-refractivity contribution is 6.05. The molecular weight excluding hydrogens is 296 g/mol. The summed E-state index contributed by atoms with van der Waals surface area (Å²) in [7, 11) is 0. The van der Waals surface area contributed by atoms with Crippen molar-refractivity contribution in [3.8, 4) is 0 Å². The Balaban J connectivity index is 1.64. The molecule has 23 heavy (non-hydrogen) atoms. The summed E-state index contributed by atoms with van der Waals surface area (Å²) < 4.78 is 10.4. The molecule has 0 unspecified atom stereocenters. The van der Waals surface area contributed by atoms with Crippen molar-refractivity contribution in [2.45, 2.75) is 25.4 Å². The molecule has 1 atom stereocenters. The van der Waals surface area contributed by atoms with E-state index in [0.717, 1.165) is 41.4 Å². The van der Waals surface area contributed by atoms with Crippen LogP contribution < -0.4 is 5.32 Å². The average Bonchev–Trinajstić information content (AvgIpc) is 3.18. The fourth-order valence-electron chi connectivity index (χ4n) is 3.21. The topological polar surface area (TPSA) is 77.5 Å². The molecule has 0 radical (unpaired) electrons. The summed E-state index contributed by atoms with van der Waals surface area (Å²) in [5.41, 5.74) is 3.41. The summed E-state index contributed by atoms with van der Waals surface area (Å²) in [6, 6.07) is 7.61. The number of carbonyl (C=O) groups excluding carboxylic acids is 2. The van der Waals surface area contributed by atoms with Gasteiger partial charge in [-0.05, 0) is 30.9 Å². The maximum absolute atomic E-state index is 12.6. The van der Waals surface area contributed by atoms with Crippen molar-refractivity contribution >= 4 is 23.0 Å². The van der Waals surface area contributed by atoms with Crippen molar-refractivity contribution in [3.05, 3.63) is 41.1 Å². The Bertz CT molecular complexity index is 803. The predicted molar refractivity (Wildman–Crippen MR) is 82.3 cm³/mol. The summed E-state index contributed by atoms with van der Waals surface area (Å²) in [5, 5.41) is 3.36. The van der Waals surface area contributed by atoms with Crippen LogP contribution in [0.25, 0.3) is 10.9 Å². The number of amides is 1. The van der Waals surface area contributed by atoms with E-state index in [4.69, 9.17) is 9.47 Å². The Labute approximate surface area is 132 Å². The zero-order chi connectivity index (χ0) is 15.8. The molecule has 118 valence electrons. The van der Waals surface area contributed by atoms with Crippen LogP contribution >= 0.6 is 0 Å². The van der Waals surface area contributed by atoms with Crippen molar-refractivity contribution < 1.29 is 19.1 Å². The number of cyclic esters (lactones) is 1. The molecule has 1 N–H and O–H groups in total. The second-order valence-electron chi connectivity index (χ2n) is 5.79. The van der Waals surface area contributed by atoms with E-state index in [2.05, 4.69) is 10.3 Å². The fourth-order valence-corrected chi connectivity index (χ4v) is 3.21. The van der Waals surface area contributed by atoms with E-state index >= 15 is 0 Å². The van der Waals surface area contributed by atoms with E-state index in [0.29, 0.717) is 12.1 Å². The van der Waals surface area contributed by atoms with Gasteiger partial charge in [0.05, 0.1) is 17.6 Å². The Morgan fingerprint density at radius 3 is 3.04 bits per heavy atom. The van der Waals surface area contributed by atoms with Crippen LogP contribution in [-0.4, -0.2) is 36.3 Å². The van der Waals surface area contributed by atoms with Gasteiger partial charge in [-0.3, -0.25) is 4.98 Å². The number of nitrogens with zero attached hydrogens (tertiary/aromatic N) is 1. The predicted octanol–water partition coefficient (Wildman–Crippen LogP) is 1.99. The molecular formula is C17H16N2O4. The molecule has 2 heterocycles. The molecule has 1 fully saturated rings. The summed E-state index contributed by atoms with van der Waals surface area (Å²) in [6.07, 6.45) is 1.85. The highest BCUT2D eigenvalue weighted by Crippen LogP contribution is 2.30. The maximum atomic E-state index is 12.6. The van der Waals surface area contributed by atoms with Crippen LogP contribution in [0, 0.1) is 0 Å². The SMILES string of the molecule is O=C1NC[C@H](COC(=O)c2c3c(nc4ccccc24)CCC3)O1. The van der Waals surface area contributed by atoms with E-state index in [1.807, 2.05) is 24.3 Å². The number of ether oxygens (including phenoxy) is 2. The normalized spacial score (nSPS) is 19.3. The molecule has 2 aromatic rings. The number of pyridine rings is 1. The van der Waals surface area contributed by atoms with E-state index in [1.54, 1.807) is 0 Å². The summed E-state index contributed by atoms with van der Waals surface area (Å²) in [5.74, 6) is -0.371. The van der Waals surface area contributed by atoms with E-state index in [-0.39, 0.29) is 12.6 Å². The van der Waals surface area contributed by atoms with Crippen LogP contribution in [0.3, 0.4) is 0 Å². The molecule has 6 nitrogen and oxygen atoms in total. The first-order chi connectivity index (χ1) is 11.2. The number of benzene rings is 1. The zero-order valence-electron chi connectivity index (χ0n) is 12.5. The van der Waals surface area contributed by atoms with Crippen molar-refractivity contribution in [3.63, 3.8) is 0 Å². The van der Waals surface area contributed by atoms with E-state index < -0.39 is 12.2 Å². The maximum Gasteiger partial charge on any atom is 0.407 e. The number of carbonyl (C=O) groups is 2. The third-order valence-electron chi connectivity index (χ3n) is 4.27. The number of rotatable bonds is 3. The lowest BCUT2D eigenvalue weighted by molar-refractivity contribution is 0.0301. The second kappa shape index (κ2) is 5.53. The standard InChI is InChI=1S/C17H16N2O4/c20-16(22-9-10-8-18-17(21)23-10)15-11-4-1-2-6-13(11)19-14-7-3-5-12(14)15/h1-2,4,6,10H,3,5,7-9H2,(H,18,21)/t10-/m1/s1. The number of aryl methyl sites for hydroxylation is 1. The highest BCUT2D eigenvalue weighted by Gasteiger charge is 2.27. The molecule has 6 heteroatoms. The summed E-state index contributed by atoms with van der Waals surface area (Å²) in [6.45, 7) is 0.421. The van der Waals surface area contributed by atoms with Gasteiger partial charge in [-0.2, -0.15) is 0 Å². The van der Waals surface area contributed by atoms with Crippen LogP contribution in [0.2, 0.25) is 0 Å². The number of alkyl carbamates (subject to hydrolysis) is 1. The number of nitrogens with one attached hydrogen (secondary N) is 1. The van der Waals surface area contributed by atoms with Gasteiger partial charge in [0.25, 0.3) is 0 Å². The lowest BCUT2D eigenvalue weighted by atomic mass is 10.0. The largest absolute Gasteiger partial charge is 0.458 e. The molecule has 0 bridgehead atoms. The Morgan fingerprint density at radius 2 is 2.22 bits per heavy atom. The monoisotopic (exact) mass is 312 g/mol. The molecule has 1 aliphatic carbocycles. The van der Waals surface area contributed by atoms with E-state index in [9.17, 15) is 9.59 Å². The minimum absolute atomic E-state index is 0.0585. The highest BCUT2D eigenvalue weighted by atomic mass is 16.6. The minimum atomic E-state index is -0.471. The van der Waals surface area contributed by atoms with Crippen LogP contribution in [0.1, 0.15) is 28.0 Å². The molecule has 1 aliphatic heterocycles. The van der Waals surface area contributed by atoms with Crippen LogP contribution in [0.4, 0.5) is 4.79 Å². The third kappa shape index (κ3) is 2.50. The Morgan fingerprint density at radius 1 is 1.35 bits per heavy atom. The smallest absolute Gasteiger partial charge is 0.407 e. The van der Waals surface area contributed by atoms with Gasteiger partial charge < -0.3 is 14.8 Å². The zero-order valence-corrected chi connectivity index (χ0v) is 12.5. The van der Waals surface area contributed by atoms with Gasteiger partial charge in [0.2, 0.25) is 0 Å². The molecule has 1 aromatic heterocycles. The third-order valence-corrected chi connectivity index (χ3v) is 4.27. The van der Waals surface area contributed by atoms with Crippen LogP contribution in [0.15, 0.2) is 24.3 Å². The van der Waals surface area contributed by atoms with Crippen molar-refractivity contribution in [2.24, 2.45) is 0 Å². The first kappa shape index (κ1) is 14.0. The van der Waals surface area contributed by atoms with Crippen molar-refractivity contribution in [1.29, 1.82) is 0 Å². The molecule has 4 rings (SSSR count). The lowest BCUT2D eigenvalue weighted by Crippen LogP contribution is -2.23. The summed E-state index contributed by atoms with van der Waals surface area (Å²) >= 11 is 0. The molecule has 1 saturated heterocycles. The fraction of sp³-hybridized carbons (Fsp3) is 0.353. The van der Waals surface area contributed by atoms with Crippen molar-refractivity contribution in [1.82, 2.24) is 10.3 Å². The Hall–Kier alpha value is -2.63. The van der Waals surface area contributed by atoms with Gasteiger partial charge >= 0.3 is 12.1 Å². The molecule has 0 saturated carbocycles. The van der Waals surface area contributed by atoms with Gasteiger partial charge in [-0.1, -0.05) is 18.2 Å². The van der Waals surface area contributed by atoms with E-state index in [1.165, 1.54) is 0 Å².